The van der Waals surface area contributed by atoms with Crippen LogP contribution in [-0.4, -0.2) is 23.1 Å². The second-order valence-corrected chi connectivity index (χ2v) is 4.86. The lowest BCUT2D eigenvalue weighted by molar-refractivity contribution is 0.707. The first-order valence-corrected chi connectivity index (χ1v) is 5.96. The summed E-state index contributed by atoms with van der Waals surface area (Å²) < 4.78 is 6.24. The molecule has 0 bridgehead atoms. The molecule has 3 rings (SSSR count). The van der Waals surface area contributed by atoms with Crippen LogP contribution < -0.4 is 11.2 Å². The van der Waals surface area contributed by atoms with Gasteiger partial charge in [-0.05, 0) is 13.8 Å². The topological polar surface area (TPSA) is 66.2 Å². The molecule has 0 fully saturated rings. The second-order valence-electron chi connectivity index (χ2n) is 4.86. The van der Waals surface area contributed by atoms with E-state index in [4.69, 9.17) is 0 Å². The van der Waals surface area contributed by atoms with Crippen LogP contribution in [0.25, 0.3) is 16.9 Å². The molecular formula is C12H15N5O2. The van der Waals surface area contributed by atoms with Crippen molar-refractivity contribution in [2.75, 3.05) is 0 Å². The average Bonchev–Trinajstić information content (AvgIpc) is 2.88. The van der Waals surface area contributed by atoms with Gasteiger partial charge in [0.25, 0.3) is 5.56 Å². The normalized spacial score (nSPS) is 11.8. The van der Waals surface area contributed by atoms with E-state index in [1.165, 1.54) is 11.6 Å². The maximum absolute atomic E-state index is 12.3. The Morgan fingerprint density at radius 1 is 0.895 bits per heavy atom. The van der Waals surface area contributed by atoms with Gasteiger partial charge in [-0.15, -0.1) is 0 Å². The molecule has 0 radical (unpaired) electrons. The highest BCUT2D eigenvalue weighted by atomic mass is 16.2. The van der Waals surface area contributed by atoms with E-state index in [0.717, 1.165) is 16.0 Å². The van der Waals surface area contributed by atoms with Gasteiger partial charge in [-0.25, -0.2) is 4.79 Å². The monoisotopic (exact) mass is 261 g/mol. The van der Waals surface area contributed by atoms with Crippen molar-refractivity contribution in [3.05, 3.63) is 32.2 Å². The molecule has 3 heterocycles. The molecule has 0 saturated carbocycles. The molecule has 0 N–H and O–H groups in total. The molecule has 0 aliphatic heterocycles. The van der Waals surface area contributed by atoms with Crippen molar-refractivity contribution in [1.29, 1.82) is 0 Å². The summed E-state index contributed by atoms with van der Waals surface area (Å²) in [5.74, 6) is 0.670. The molecule has 3 aromatic heterocycles. The Morgan fingerprint density at radius 3 is 2.16 bits per heavy atom. The van der Waals surface area contributed by atoms with Crippen LogP contribution in [-0.2, 0) is 21.1 Å². The zero-order valence-electron chi connectivity index (χ0n) is 11.6. The predicted octanol–water partition coefficient (Wildman–Crippen LogP) is -0.160. The van der Waals surface area contributed by atoms with Crippen LogP contribution in [0.5, 0.6) is 0 Å². The van der Waals surface area contributed by atoms with E-state index in [2.05, 4.69) is 4.98 Å². The lowest BCUT2D eigenvalue weighted by atomic mass is 10.4. The summed E-state index contributed by atoms with van der Waals surface area (Å²) in [5.41, 5.74) is 2.17. The van der Waals surface area contributed by atoms with Crippen molar-refractivity contribution in [3.63, 3.8) is 0 Å². The summed E-state index contributed by atoms with van der Waals surface area (Å²) in [5, 5.41) is 0. The highest BCUT2D eigenvalue weighted by Gasteiger charge is 2.19. The molecule has 0 aliphatic rings. The van der Waals surface area contributed by atoms with E-state index in [9.17, 15) is 9.59 Å². The molecule has 19 heavy (non-hydrogen) atoms. The SMILES string of the molecule is Cc1c(C)n2c3c(=O)n(C)c(=O)n(C)c3nc2n1C. The van der Waals surface area contributed by atoms with E-state index in [0.29, 0.717) is 16.9 Å². The summed E-state index contributed by atoms with van der Waals surface area (Å²) >= 11 is 0. The van der Waals surface area contributed by atoms with Crippen LogP contribution >= 0.6 is 0 Å². The Kier molecular flexibility index (Phi) is 2.09. The number of hydrogen-bond donors (Lipinski definition) is 0. The summed E-state index contributed by atoms with van der Waals surface area (Å²) in [6.45, 7) is 3.91. The highest BCUT2D eigenvalue weighted by molar-refractivity contribution is 5.76. The molecule has 0 aromatic carbocycles. The molecular weight excluding hydrogens is 246 g/mol. The molecule has 0 amide bonds. The largest absolute Gasteiger partial charge is 0.332 e. The third kappa shape index (κ3) is 1.19. The maximum atomic E-state index is 12.3. The minimum absolute atomic E-state index is 0.320. The molecule has 0 spiro atoms. The Hall–Kier alpha value is -2.31. The quantitative estimate of drug-likeness (QED) is 0.565. The van der Waals surface area contributed by atoms with E-state index in [1.807, 2.05) is 29.9 Å². The molecule has 0 saturated heterocycles. The van der Waals surface area contributed by atoms with Crippen LogP contribution in [0, 0.1) is 13.8 Å². The Labute approximate surface area is 108 Å². The van der Waals surface area contributed by atoms with Crippen molar-refractivity contribution in [1.82, 2.24) is 23.1 Å². The molecule has 0 aliphatic carbocycles. The van der Waals surface area contributed by atoms with Gasteiger partial charge in [0.2, 0.25) is 5.78 Å². The van der Waals surface area contributed by atoms with Crippen LogP contribution in [0.1, 0.15) is 11.4 Å². The Morgan fingerprint density at radius 2 is 1.53 bits per heavy atom. The van der Waals surface area contributed by atoms with Crippen molar-refractivity contribution in [2.24, 2.45) is 21.1 Å². The number of aromatic nitrogens is 5. The zero-order chi connectivity index (χ0) is 14.1. The molecule has 7 nitrogen and oxygen atoms in total. The molecule has 0 unspecified atom stereocenters. The highest BCUT2D eigenvalue weighted by Crippen LogP contribution is 2.18. The van der Waals surface area contributed by atoms with E-state index < -0.39 is 0 Å². The summed E-state index contributed by atoms with van der Waals surface area (Å²) in [4.78, 5) is 28.7. The minimum atomic E-state index is -0.365. The number of aryl methyl sites for hydroxylation is 3. The van der Waals surface area contributed by atoms with Gasteiger partial charge in [0, 0.05) is 32.5 Å². The third-order valence-electron chi connectivity index (χ3n) is 3.90. The number of fused-ring (bicyclic) bond motifs is 3. The van der Waals surface area contributed by atoms with E-state index in [1.54, 1.807) is 7.05 Å². The van der Waals surface area contributed by atoms with Gasteiger partial charge in [0.15, 0.2) is 11.2 Å². The smallest absolute Gasteiger partial charge is 0.317 e. The van der Waals surface area contributed by atoms with Gasteiger partial charge < -0.3 is 4.57 Å². The van der Waals surface area contributed by atoms with E-state index in [-0.39, 0.29) is 11.2 Å². The fourth-order valence-electron chi connectivity index (χ4n) is 2.48. The third-order valence-corrected chi connectivity index (χ3v) is 3.90. The molecule has 100 valence electrons. The first-order valence-electron chi connectivity index (χ1n) is 5.96. The van der Waals surface area contributed by atoms with Crippen LogP contribution in [0.15, 0.2) is 9.59 Å². The van der Waals surface area contributed by atoms with Crippen molar-refractivity contribution in [3.8, 4) is 0 Å². The zero-order valence-corrected chi connectivity index (χ0v) is 11.6. The number of nitrogens with zero attached hydrogens (tertiary/aromatic N) is 5. The molecule has 0 atom stereocenters. The van der Waals surface area contributed by atoms with Crippen LogP contribution in [0.3, 0.4) is 0 Å². The fraction of sp³-hybridized carbons (Fsp3) is 0.417. The molecule has 7 heteroatoms. The standard InChI is InChI=1S/C12H15N5O2/c1-6-7(2)17-8-9(13-11(17)14(6)3)15(4)12(19)16(5)10(8)18/h1-5H3. The minimum Gasteiger partial charge on any atom is -0.317 e. The van der Waals surface area contributed by atoms with Gasteiger partial charge in [0.05, 0.1) is 0 Å². The first-order chi connectivity index (χ1) is 8.86. The Balaban J connectivity index is 2.78. The summed E-state index contributed by atoms with van der Waals surface area (Å²) in [6.07, 6.45) is 0. The molecule has 3 aromatic rings. The van der Waals surface area contributed by atoms with Crippen LogP contribution in [0.2, 0.25) is 0 Å². The number of hydrogen-bond acceptors (Lipinski definition) is 3. The van der Waals surface area contributed by atoms with Crippen LogP contribution in [0.4, 0.5) is 0 Å². The lowest BCUT2D eigenvalue weighted by Crippen LogP contribution is -2.37. The average molecular weight is 261 g/mol. The summed E-state index contributed by atoms with van der Waals surface area (Å²) in [7, 11) is 5.00. The summed E-state index contributed by atoms with van der Waals surface area (Å²) in [6, 6.07) is 0. The van der Waals surface area contributed by atoms with Gasteiger partial charge >= 0.3 is 5.69 Å². The van der Waals surface area contributed by atoms with Gasteiger partial charge in [0.1, 0.15) is 0 Å². The van der Waals surface area contributed by atoms with Gasteiger partial charge in [-0.3, -0.25) is 18.3 Å². The Bertz CT molecular complexity index is 951. The second kappa shape index (κ2) is 3.37. The van der Waals surface area contributed by atoms with Gasteiger partial charge in [-0.1, -0.05) is 0 Å². The first kappa shape index (κ1) is 11.8. The lowest BCUT2D eigenvalue weighted by Gasteiger charge is -2.03. The van der Waals surface area contributed by atoms with Crippen molar-refractivity contribution in [2.45, 2.75) is 13.8 Å². The predicted molar refractivity (Wildman–Crippen MR) is 71.6 cm³/mol. The van der Waals surface area contributed by atoms with Crippen molar-refractivity contribution >= 4 is 16.9 Å². The van der Waals surface area contributed by atoms with Crippen molar-refractivity contribution < 1.29 is 0 Å². The van der Waals surface area contributed by atoms with Gasteiger partial charge in [-0.2, -0.15) is 4.98 Å². The number of imidazole rings is 2. The maximum Gasteiger partial charge on any atom is 0.332 e. The number of rotatable bonds is 0. The fourth-order valence-corrected chi connectivity index (χ4v) is 2.48. The van der Waals surface area contributed by atoms with E-state index >= 15 is 0 Å².